The molecule has 1 N–H and O–H groups in total. The summed E-state index contributed by atoms with van der Waals surface area (Å²) in [5.74, 6) is 0. The Bertz CT molecular complexity index is 569. The summed E-state index contributed by atoms with van der Waals surface area (Å²) in [5, 5.41) is 5.21. The maximum atomic E-state index is 6.23. The average molecular weight is 315 g/mol. The highest BCUT2D eigenvalue weighted by molar-refractivity contribution is 6.42. The molecule has 100 valence electrons. The maximum Gasteiger partial charge on any atom is 0.0624 e. The van der Waals surface area contributed by atoms with Gasteiger partial charge in [0.05, 0.1) is 10.0 Å². The van der Waals surface area contributed by atoms with Gasteiger partial charge < -0.3 is 5.32 Å². The molecular weight excluding hydrogens is 301 g/mol. The first-order valence-corrected chi connectivity index (χ1v) is 7.11. The number of rotatable bonds is 4. The van der Waals surface area contributed by atoms with Crippen molar-refractivity contribution in [1.82, 2.24) is 5.32 Å². The van der Waals surface area contributed by atoms with E-state index in [1.165, 1.54) is 0 Å². The Balaban J connectivity index is 2.26. The minimum Gasteiger partial charge on any atom is -0.313 e. The Morgan fingerprint density at radius 1 is 1.05 bits per heavy atom. The van der Waals surface area contributed by atoms with Gasteiger partial charge in [0.1, 0.15) is 0 Å². The summed E-state index contributed by atoms with van der Waals surface area (Å²) in [6.07, 6.45) is 0.760. The number of nitrogens with one attached hydrogen (secondary N) is 1. The lowest BCUT2D eigenvalue weighted by molar-refractivity contribution is 0.592. The second-order valence-corrected chi connectivity index (χ2v) is 5.53. The normalized spacial score (nSPS) is 12.4. The zero-order chi connectivity index (χ0) is 13.8. The van der Waals surface area contributed by atoms with Gasteiger partial charge in [-0.05, 0) is 42.8 Å². The summed E-state index contributed by atoms with van der Waals surface area (Å²) in [4.78, 5) is 0. The van der Waals surface area contributed by atoms with Crippen molar-refractivity contribution in [3.8, 4) is 0 Å². The van der Waals surface area contributed by atoms with Gasteiger partial charge in [0.2, 0.25) is 0 Å². The van der Waals surface area contributed by atoms with Gasteiger partial charge in [0, 0.05) is 11.1 Å². The highest BCUT2D eigenvalue weighted by atomic mass is 35.5. The van der Waals surface area contributed by atoms with E-state index < -0.39 is 0 Å². The van der Waals surface area contributed by atoms with Crippen molar-refractivity contribution >= 4 is 34.8 Å². The molecule has 0 saturated heterocycles. The standard InChI is InChI=1S/C15H14Cl3N/c1-19-14(10-4-2-6-12(16)8-10)9-11-5-3-7-13(17)15(11)18/h2-8,14,19H,9H2,1H3. The van der Waals surface area contributed by atoms with E-state index in [9.17, 15) is 0 Å². The molecule has 0 bridgehead atoms. The fraction of sp³-hybridized carbons (Fsp3) is 0.200. The summed E-state index contributed by atoms with van der Waals surface area (Å²) in [7, 11) is 1.92. The van der Waals surface area contributed by atoms with Gasteiger partial charge in [0.25, 0.3) is 0 Å². The van der Waals surface area contributed by atoms with E-state index in [-0.39, 0.29) is 6.04 Å². The molecule has 0 saturated carbocycles. The maximum absolute atomic E-state index is 6.23. The fourth-order valence-corrected chi connectivity index (χ4v) is 2.63. The van der Waals surface area contributed by atoms with E-state index in [1.807, 2.05) is 43.4 Å². The SMILES string of the molecule is CNC(Cc1cccc(Cl)c1Cl)c1cccc(Cl)c1. The molecule has 0 aliphatic carbocycles. The minimum absolute atomic E-state index is 0.148. The second-order valence-electron chi connectivity index (χ2n) is 4.31. The second kappa shape index (κ2) is 6.62. The predicted molar refractivity (Wildman–Crippen MR) is 83.4 cm³/mol. The van der Waals surface area contributed by atoms with Gasteiger partial charge in [-0.2, -0.15) is 0 Å². The monoisotopic (exact) mass is 313 g/mol. The highest BCUT2D eigenvalue weighted by Gasteiger charge is 2.13. The Labute approximate surface area is 128 Å². The van der Waals surface area contributed by atoms with Gasteiger partial charge in [-0.1, -0.05) is 59.1 Å². The summed E-state index contributed by atoms with van der Waals surface area (Å²) in [6, 6.07) is 13.7. The number of hydrogen-bond acceptors (Lipinski definition) is 1. The smallest absolute Gasteiger partial charge is 0.0624 e. The Morgan fingerprint density at radius 3 is 2.47 bits per heavy atom. The lowest BCUT2D eigenvalue weighted by Crippen LogP contribution is -2.19. The molecule has 0 amide bonds. The average Bonchev–Trinajstić information content (AvgIpc) is 2.40. The van der Waals surface area contributed by atoms with Gasteiger partial charge in [-0.3, -0.25) is 0 Å². The first kappa shape index (κ1) is 14.7. The highest BCUT2D eigenvalue weighted by Crippen LogP contribution is 2.29. The number of benzene rings is 2. The van der Waals surface area contributed by atoms with Crippen LogP contribution in [0.5, 0.6) is 0 Å². The molecule has 0 aliphatic heterocycles. The molecule has 0 aromatic heterocycles. The number of halogens is 3. The molecule has 2 rings (SSSR count). The molecule has 1 atom stereocenters. The van der Waals surface area contributed by atoms with Crippen molar-refractivity contribution < 1.29 is 0 Å². The molecule has 0 radical (unpaired) electrons. The van der Waals surface area contributed by atoms with Crippen molar-refractivity contribution in [1.29, 1.82) is 0 Å². The molecule has 2 aromatic carbocycles. The third-order valence-corrected chi connectivity index (χ3v) is 4.15. The Morgan fingerprint density at radius 2 is 1.79 bits per heavy atom. The zero-order valence-corrected chi connectivity index (χ0v) is 12.7. The molecule has 0 heterocycles. The van der Waals surface area contributed by atoms with Gasteiger partial charge in [-0.25, -0.2) is 0 Å². The topological polar surface area (TPSA) is 12.0 Å². The number of hydrogen-bond donors (Lipinski definition) is 1. The van der Waals surface area contributed by atoms with Crippen LogP contribution in [0.3, 0.4) is 0 Å². The molecule has 1 nitrogen and oxygen atoms in total. The third-order valence-electron chi connectivity index (χ3n) is 3.06. The molecule has 19 heavy (non-hydrogen) atoms. The lowest BCUT2D eigenvalue weighted by Gasteiger charge is -2.18. The van der Waals surface area contributed by atoms with Crippen LogP contribution in [0.1, 0.15) is 17.2 Å². The number of likely N-dealkylation sites (N-methyl/N-ethyl adjacent to an activating group) is 1. The lowest BCUT2D eigenvalue weighted by atomic mass is 9.99. The predicted octanol–water partition coefficient (Wildman–Crippen LogP) is 5.15. The van der Waals surface area contributed by atoms with Crippen molar-refractivity contribution in [2.75, 3.05) is 7.05 Å². The van der Waals surface area contributed by atoms with Crippen molar-refractivity contribution in [2.45, 2.75) is 12.5 Å². The largest absolute Gasteiger partial charge is 0.313 e. The van der Waals surface area contributed by atoms with Crippen LogP contribution in [0.15, 0.2) is 42.5 Å². The van der Waals surface area contributed by atoms with Crippen LogP contribution >= 0.6 is 34.8 Å². The summed E-state index contributed by atoms with van der Waals surface area (Å²) >= 11 is 18.3. The van der Waals surface area contributed by atoms with Crippen LogP contribution in [-0.4, -0.2) is 7.05 Å². The van der Waals surface area contributed by atoms with Crippen LogP contribution in [0, 0.1) is 0 Å². The van der Waals surface area contributed by atoms with Gasteiger partial charge in [-0.15, -0.1) is 0 Å². The Hall–Kier alpha value is -0.730. The molecule has 0 spiro atoms. The molecule has 4 heteroatoms. The van der Waals surface area contributed by atoms with E-state index in [0.29, 0.717) is 10.0 Å². The fourth-order valence-electron chi connectivity index (χ4n) is 2.04. The van der Waals surface area contributed by atoms with E-state index in [2.05, 4.69) is 5.32 Å². The van der Waals surface area contributed by atoms with Crippen LogP contribution in [-0.2, 0) is 6.42 Å². The zero-order valence-electron chi connectivity index (χ0n) is 10.5. The van der Waals surface area contributed by atoms with E-state index in [4.69, 9.17) is 34.8 Å². The van der Waals surface area contributed by atoms with E-state index in [1.54, 1.807) is 6.07 Å². The van der Waals surface area contributed by atoms with Gasteiger partial charge >= 0.3 is 0 Å². The first-order chi connectivity index (χ1) is 9.11. The van der Waals surface area contributed by atoms with Gasteiger partial charge in [0.15, 0.2) is 0 Å². The summed E-state index contributed by atoms with van der Waals surface area (Å²) < 4.78 is 0. The van der Waals surface area contributed by atoms with E-state index >= 15 is 0 Å². The molecule has 2 aromatic rings. The van der Waals surface area contributed by atoms with Crippen molar-refractivity contribution in [3.05, 3.63) is 68.7 Å². The van der Waals surface area contributed by atoms with E-state index in [0.717, 1.165) is 22.6 Å². The van der Waals surface area contributed by atoms with Crippen molar-refractivity contribution in [2.24, 2.45) is 0 Å². The third kappa shape index (κ3) is 3.64. The van der Waals surface area contributed by atoms with Crippen LogP contribution in [0.4, 0.5) is 0 Å². The van der Waals surface area contributed by atoms with Crippen LogP contribution < -0.4 is 5.32 Å². The molecule has 0 fully saturated rings. The van der Waals surface area contributed by atoms with Crippen LogP contribution in [0.25, 0.3) is 0 Å². The Kier molecular flexibility index (Phi) is 5.12. The summed E-state index contributed by atoms with van der Waals surface area (Å²) in [5.41, 5.74) is 2.15. The molecule has 0 aliphatic rings. The van der Waals surface area contributed by atoms with Crippen molar-refractivity contribution in [3.63, 3.8) is 0 Å². The quantitative estimate of drug-likeness (QED) is 0.823. The van der Waals surface area contributed by atoms with Crippen LogP contribution in [0.2, 0.25) is 15.1 Å². The molecular formula is C15H14Cl3N. The molecule has 1 unspecified atom stereocenters. The first-order valence-electron chi connectivity index (χ1n) is 5.97. The minimum atomic E-state index is 0.148. The summed E-state index contributed by atoms with van der Waals surface area (Å²) in [6.45, 7) is 0.